The fourth-order valence-electron chi connectivity index (χ4n) is 2.81. The van der Waals surface area contributed by atoms with Crippen LogP contribution in [0.4, 0.5) is 0 Å². The van der Waals surface area contributed by atoms with Crippen LogP contribution in [-0.2, 0) is 0 Å². The maximum absolute atomic E-state index is 3.38. The Morgan fingerprint density at radius 3 is 3.06 bits per heavy atom. The Labute approximate surface area is 96.3 Å². The van der Waals surface area contributed by atoms with E-state index in [1.807, 2.05) is 0 Å². The highest BCUT2D eigenvalue weighted by atomic mass is 15.1. The van der Waals surface area contributed by atoms with Crippen molar-refractivity contribution in [1.82, 2.24) is 9.88 Å². The van der Waals surface area contributed by atoms with E-state index >= 15 is 0 Å². The quantitative estimate of drug-likeness (QED) is 0.814. The lowest BCUT2D eigenvalue weighted by molar-refractivity contribution is 0.354. The molecule has 2 nitrogen and oxygen atoms in total. The van der Waals surface area contributed by atoms with Crippen LogP contribution in [0, 0.1) is 0 Å². The van der Waals surface area contributed by atoms with Crippen molar-refractivity contribution in [1.29, 1.82) is 0 Å². The van der Waals surface area contributed by atoms with E-state index in [9.17, 15) is 0 Å². The van der Waals surface area contributed by atoms with Gasteiger partial charge in [-0.1, -0.05) is 25.1 Å². The van der Waals surface area contributed by atoms with Gasteiger partial charge in [0.25, 0.3) is 0 Å². The normalized spacial score (nSPS) is 21.9. The Balaban J connectivity index is 1.95. The summed E-state index contributed by atoms with van der Waals surface area (Å²) >= 11 is 0. The van der Waals surface area contributed by atoms with E-state index < -0.39 is 0 Å². The van der Waals surface area contributed by atoms with Crippen molar-refractivity contribution in [2.75, 3.05) is 19.6 Å². The summed E-state index contributed by atoms with van der Waals surface area (Å²) < 4.78 is 0. The lowest BCUT2D eigenvalue weighted by atomic mass is 9.98. The Morgan fingerprint density at radius 2 is 2.25 bits per heavy atom. The third kappa shape index (κ3) is 1.54. The number of likely N-dealkylation sites (tertiary alicyclic amines) is 1. The molecular weight excluding hydrogens is 196 g/mol. The summed E-state index contributed by atoms with van der Waals surface area (Å²) in [5.41, 5.74) is 2.78. The summed E-state index contributed by atoms with van der Waals surface area (Å²) in [5, 5.41) is 1.41. The van der Waals surface area contributed by atoms with E-state index in [0.29, 0.717) is 0 Å². The largest absolute Gasteiger partial charge is 0.361 e. The minimum atomic E-state index is 0.719. The van der Waals surface area contributed by atoms with E-state index in [1.165, 1.54) is 42.5 Å². The number of aromatic amines is 1. The van der Waals surface area contributed by atoms with Crippen LogP contribution in [0.15, 0.2) is 30.5 Å². The van der Waals surface area contributed by atoms with Gasteiger partial charge in [0, 0.05) is 23.6 Å². The van der Waals surface area contributed by atoms with Crippen molar-refractivity contribution in [3.63, 3.8) is 0 Å². The lowest BCUT2D eigenvalue weighted by Crippen LogP contribution is -2.19. The molecule has 0 bridgehead atoms. The molecule has 1 aromatic carbocycles. The summed E-state index contributed by atoms with van der Waals surface area (Å²) in [6.07, 6.45) is 3.50. The van der Waals surface area contributed by atoms with E-state index in [-0.39, 0.29) is 0 Å². The van der Waals surface area contributed by atoms with Crippen LogP contribution in [0.3, 0.4) is 0 Å². The minimum Gasteiger partial charge on any atom is -0.361 e. The SMILES string of the molecule is CCN1CCC(c2c[nH]c3ccccc23)C1. The second-order valence-corrected chi connectivity index (χ2v) is 4.67. The first-order chi connectivity index (χ1) is 7.88. The van der Waals surface area contributed by atoms with Crippen molar-refractivity contribution < 1.29 is 0 Å². The molecule has 1 aromatic heterocycles. The van der Waals surface area contributed by atoms with E-state index in [1.54, 1.807) is 0 Å². The Morgan fingerprint density at radius 1 is 1.38 bits per heavy atom. The zero-order chi connectivity index (χ0) is 11.0. The molecule has 0 saturated carbocycles. The monoisotopic (exact) mass is 214 g/mol. The molecule has 0 radical (unpaired) electrons. The van der Waals surface area contributed by atoms with Crippen LogP contribution in [0.1, 0.15) is 24.8 Å². The minimum absolute atomic E-state index is 0.719. The molecule has 1 saturated heterocycles. The fourth-order valence-corrected chi connectivity index (χ4v) is 2.81. The molecule has 2 heterocycles. The molecule has 1 fully saturated rings. The van der Waals surface area contributed by atoms with Crippen LogP contribution in [0.5, 0.6) is 0 Å². The first kappa shape index (κ1) is 9.91. The fraction of sp³-hybridized carbons (Fsp3) is 0.429. The predicted molar refractivity (Wildman–Crippen MR) is 67.8 cm³/mol. The highest BCUT2D eigenvalue weighted by Crippen LogP contribution is 2.32. The molecule has 2 heteroatoms. The van der Waals surface area contributed by atoms with Crippen LogP contribution in [0.25, 0.3) is 10.9 Å². The Bertz CT molecular complexity index is 486. The summed E-state index contributed by atoms with van der Waals surface area (Å²) in [6, 6.07) is 8.61. The lowest BCUT2D eigenvalue weighted by Gasteiger charge is -2.12. The molecule has 1 aliphatic heterocycles. The molecule has 1 aliphatic rings. The Kier molecular flexibility index (Phi) is 2.44. The summed E-state index contributed by atoms with van der Waals surface area (Å²) in [4.78, 5) is 5.91. The molecule has 3 rings (SSSR count). The van der Waals surface area contributed by atoms with Crippen molar-refractivity contribution in [3.05, 3.63) is 36.0 Å². The first-order valence-corrected chi connectivity index (χ1v) is 6.17. The van der Waals surface area contributed by atoms with Crippen molar-refractivity contribution in [2.45, 2.75) is 19.3 Å². The molecule has 1 N–H and O–H groups in total. The number of nitrogens with zero attached hydrogens (tertiary/aromatic N) is 1. The van der Waals surface area contributed by atoms with Gasteiger partial charge in [0.1, 0.15) is 0 Å². The topological polar surface area (TPSA) is 19.0 Å². The van der Waals surface area contributed by atoms with Gasteiger partial charge in [0.05, 0.1) is 0 Å². The number of likely N-dealkylation sites (N-methyl/N-ethyl adjacent to an activating group) is 1. The number of aromatic nitrogens is 1. The summed E-state index contributed by atoms with van der Waals surface area (Å²) in [5.74, 6) is 0.719. The van der Waals surface area contributed by atoms with Gasteiger partial charge in [-0.15, -0.1) is 0 Å². The molecule has 0 spiro atoms. The second kappa shape index (κ2) is 3.95. The number of hydrogen-bond donors (Lipinski definition) is 1. The summed E-state index contributed by atoms with van der Waals surface area (Å²) in [6.45, 7) is 5.90. The van der Waals surface area contributed by atoms with E-state index in [4.69, 9.17) is 0 Å². The molecule has 0 aliphatic carbocycles. The van der Waals surface area contributed by atoms with Gasteiger partial charge >= 0.3 is 0 Å². The number of para-hydroxylation sites is 1. The third-order valence-electron chi connectivity index (χ3n) is 3.78. The Hall–Kier alpha value is -1.28. The predicted octanol–water partition coefficient (Wildman–Crippen LogP) is 2.98. The molecule has 1 atom stereocenters. The molecule has 16 heavy (non-hydrogen) atoms. The molecule has 1 unspecified atom stereocenters. The third-order valence-corrected chi connectivity index (χ3v) is 3.78. The van der Waals surface area contributed by atoms with Crippen LogP contribution in [0.2, 0.25) is 0 Å². The van der Waals surface area contributed by atoms with Gasteiger partial charge in [-0.3, -0.25) is 0 Å². The smallest absolute Gasteiger partial charge is 0.0456 e. The average molecular weight is 214 g/mol. The van der Waals surface area contributed by atoms with Crippen molar-refractivity contribution in [2.24, 2.45) is 0 Å². The van der Waals surface area contributed by atoms with E-state index in [0.717, 1.165) is 5.92 Å². The number of nitrogens with one attached hydrogen (secondary N) is 1. The number of benzene rings is 1. The van der Waals surface area contributed by atoms with Crippen LogP contribution >= 0.6 is 0 Å². The van der Waals surface area contributed by atoms with Gasteiger partial charge in [-0.05, 0) is 37.1 Å². The van der Waals surface area contributed by atoms with E-state index in [2.05, 4.69) is 47.3 Å². The zero-order valence-corrected chi connectivity index (χ0v) is 9.74. The summed E-state index contributed by atoms with van der Waals surface area (Å²) in [7, 11) is 0. The maximum Gasteiger partial charge on any atom is 0.0456 e. The van der Waals surface area contributed by atoms with Gasteiger partial charge in [0.15, 0.2) is 0 Å². The standard InChI is InChI=1S/C14H18N2/c1-2-16-8-7-11(10-16)13-9-15-14-6-4-3-5-12(13)14/h3-6,9,11,15H,2,7-8,10H2,1H3. The van der Waals surface area contributed by atoms with Gasteiger partial charge in [-0.2, -0.15) is 0 Å². The van der Waals surface area contributed by atoms with Gasteiger partial charge in [-0.25, -0.2) is 0 Å². The first-order valence-electron chi connectivity index (χ1n) is 6.17. The molecule has 2 aromatic rings. The maximum atomic E-state index is 3.38. The number of fused-ring (bicyclic) bond motifs is 1. The second-order valence-electron chi connectivity index (χ2n) is 4.67. The van der Waals surface area contributed by atoms with Crippen LogP contribution in [-0.4, -0.2) is 29.5 Å². The number of H-pyrrole nitrogens is 1. The van der Waals surface area contributed by atoms with Crippen LogP contribution < -0.4 is 0 Å². The number of rotatable bonds is 2. The number of hydrogen-bond acceptors (Lipinski definition) is 1. The van der Waals surface area contributed by atoms with Crippen molar-refractivity contribution in [3.8, 4) is 0 Å². The van der Waals surface area contributed by atoms with Gasteiger partial charge < -0.3 is 9.88 Å². The average Bonchev–Trinajstić information content (AvgIpc) is 2.94. The zero-order valence-electron chi connectivity index (χ0n) is 9.74. The molecule has 0 amide bonds. The highest BCUT2D eigenvalue weighted by Gasteiger charge is 2.24. The van der Waals surface area contributed by atoms with Crippen molar-refractivity contribution >= 4 is 10.9 Å². The molecule has 84 valence electrons. The molecular formula is C14H18N2. The van der Waals surface area contributed by atoms with Gasteiger partial charge in [0.2, 0.25) is 0 Å². The highest BCUT2D eigenvalue weighted by molar-refractivity contribution is 5.83.